The van der Waals surface area contributed by atoms with Gasteiger partial charge >= 0.3 is 0 Å². The molecule has 4 aromatic rings. The summed E-state index contributed by atoms with van der Waals surface area (Å²) < 4.78 is 8.30. The zero-order chi connectivity index (χ0) is 20.9. The predicted molar refractivity (Wildman–Crippen MR) is 126 cm³/mol. The number of para-hydroxylation sites is 2. The van der Waals surface area contributed by atoms with Crippen molar-refractivity contribution in [3.05, 3.63) is 94.3 Å². The van der Waals surface area contributed by atoms with E-state index < -0.39 is 0 Å². The molecule has 4 heteroatoms. The van der Waals surface area contributed by atoms with Crippen LogP contribution in [0.15, 0.2) is 66.7 Å². The van der Waals surface area contributed by atoms with E-state index in [1.807, 2.05) is 30.3 Å². The Kier molecular flexibility index (Phi) is 6.20. The van der Waals surface area contributed by atoms with Crippen LogP contribution < -0.4 is 4.74 Å². The highest BCUT2D eigenvalue weighted by atomic mass is 35.5. The van der Waals surface area contributed by atoms with Crippen molar-refractivity contribution >= 4 is 34.8 Å². The summed E-state index contributed by atoms with van der Waals surface area (Å²) in [6.07, 6.45) is 5.03. The van der Waals surface area contributed by atoms with Crippen molar-refractivity contribution in [1.82, 2.24) is 9.55 Å². The molecule has 0 aliphatic rings. The summed E-state index contributed by atoms with van der Waals surface area (Å²) in [5.74, 6) is 1.91. The number of hydrogen-bond acceptors (Lipinski definition) is 2. The minimum atomic E-state index is 0.664. The molecule has 0 spiro atoms. The Balaban J connectivity index is 1.50. The van der Waals surface area contributed by atoms with Gasteiger partial charge in [0.1, 0.15) is 11.6 Å². The van der Waals surface area contributed by atoms with Gasteiger partial charge in [-0.15, -0.1) is 0 Å². The van der Waals surface area contributed by atoms with Gasteiger partial charge in [0, 0.05) is 11.6 Å². The molecule has 0 radical (unpaired) electrons. The minimum Gasteiger partial charge on any atom is -0.493 e. The second-order valence-electron chi connectivity index (χ2n) is 7.47. The number of fused-ring (bicyclic) bond motifs is 1. The molecule has 152 valence electrons. The van der Waals surface area contributed by atoms with Crippen LogP contribution in [-0.4, -0.2) is 16.2 Å². The van der Waals surface area contributed by atoms with Gasteiger partial charge in [-0.3, -0.25) is 0 Å². The van der Waals surface area contributed by atoms with Crippen LogP contribution in [0, 0.1) is 13.8 Å². The number of halogens is 1. The summed E-state index contributed by atoms with van der Waals surface area (Å²) in [6, 6.07) is 22.4. The Morgan fingerprint density at radius 3 is 2.60 bits per heavy atom. The average Bonchev–Trinajstić information content (AvgIpc) is 3.10. The zero-order valence-electron chi connectivity index (χ0n) is 17.3. The molecule has 1 heterocycles. The number of imidazole rings is 1. The summed E-state index contributed by atoms with van der Waals surface area (Å²) in [5.41, 5.74) is 5.62. The second-order valence-corrected chi connectivity index (χ2v) is 7.90. The Hall–Kier alpha value is -3.04. The number of benzene rings is 3. The minimum absolute atomic E-state index is 0.664. The largest absolute Gasteiger partial charge is 0.493 e. The first-order valence-corrected chi connectivity index (χ1v) is 10.6. The van der Waals surface area contributed by atoms with Crippen LogP contribution in [0.1, 0.15) is 28.9 Å². The van der Waals surface area contributed by atoms with Gasteiger partial charge in [-0.25, -0.2) is 4.98 Å². The highest BCUT2D eigenvalue weighted by molar-refractivity contribution is 6.30. The molecule has 3 aromatic carbocycles. The summed E-state index contributed by atoms with van der Waals surface area (Å²) >= 11 is 5.99. The summed E-state index contributed by atoms with van der Waals surface area (Å²) in [6.45, 7) is 5.67. The number of hydrogen-bond donors (Lipinski definition) is 0. The highest BCUT2D eigenvalue weighted by Crippen LogP contribution is 2.21. The molecule has 0 fully saturated rings. The van der Waals surface area contributed by atoms with E-state index >= 15 is 0 Å². The Morgan fingerprint density at radius 1 is 0.967 bits per heavy atom. The molecule has 3 nitrogen and oxygen atoms in total. The number of rotatable bonds is 7. The second kappa shape index (κ2) is 9.19. The fourth-order valence-electron chi connectivity index (χ4n) is 3.47. The SMILES string of the molecule is Cc1ccc(C)c(OCCCn2c(/C=C/c3ccc(Cl)cc3)nc3ccccc32)c1. The van der Waals surface area contributed by atoms with E-state index in [9.17, 15) is 0 Å². The molecular formula is C26H25ClN2O. The van der Waals surface area contributed by atoms with Gasteiger partial charge in [0.15, 0.2) is 0 Å². The number of aryl methyl sites for hydroxylation is 3. The lowest BCUT2D eigenvalue weighted by Gasteiger charge is -2.11. The van der Waals surface area contributed by atoms with Gasteiger partial charge in [-0.2, -0.15) is 0 Å². The van der Waals surface area contributed by atoms with Gasteiger partial charge in [0.2, 0.25) is 0 Å². The van der Waals surface area contributed by atoms with E-state index in [1.54, 1.807) is 0 Å². The summed E-state index contributed by atoms with van der Waals surface area (Å²) in [7, 11) is 0. The third-order valence-electron chi connectivity index (χ3n) is 5.11. The van der Waals surface area contributed by atoms with Gasteiger partial charge in [-0.05, 0) is 73.4 Å². The lowest BCUT2D eigenvalue weighted by Crippen LogP contribution is -2.06. The van der Waals surface area contributed by atoms with E-state index in [2.05, 4.69) is 67.0 Å². The van der Waals surface area contributed by atoms with E-state index in [0.29, 0.717) is 6.61 Å². The van der Waals surface area contributed by atoms with Crippen molar-refractivity contribution < 1.29 is 4.74 Å². The van der Waals surface area contributed by atoms with Crippen molar-refractivity contribution in [2.24, 2.45) is 0 Å². The molecule has 0 atom stereocenters. The van der Waals surface area contributed by atoms with Crippen LogP contribution in [0.5, 0.6) is 5.75 Å². The van der Waals surface area contributed by atoms with Crippen molar-refractivity contribution in [2.45, 2.75) is 26.8 Å². The van der Waals surface area contributed by atoms with Gasteiger partial charge in [0.25, 0.3) is 0 Å². The van der Waals surface area contributed by atoms with Gasteiger partial charge < -0.3 is 9.30 Å². The third kappa shape index (κ3) is 4.74. The molecule has 0 aliphatic carbocycles. The highest BCUT2D eigenvalue weighted by Gasteiger charge is 2.08. The normalized spacial score (nSPS) is 11.4. The van der Waals surface area contributed by atoms with Crippen LogP contribution in [0.2, 0.25) is 5.02 Å². The van der Waals surface area contributed by atoms with Crippen LogP contribution >= 0.6 is 11.6 Å². The number of nitrogens with zero attached hydrogens (tertiary/aromatic N) is 2. The van der Waals surface area contributed by atoms with E-state index in [-0.39, 0.29) is 0 Å². The zero-order valence-corrected chi connectivity index (χ0v) is 18.1. The smallest absolute Gasteiger partial charge is 0.133 e. The third-order valence-corrected chi connectivity index (χ3v) is 5.36. The molecule has 0 aliphatic heterocycles. The lowest BCUT2D eigenvalue weighted by molar-refractivity contribution is 0.300. The molecule has 1 aromatic heterocycles. The standard InChI is InChI=1S/C26H25ClN2O/c1-19-8-9-20(2)25(18-19)30-17-5-16-29-24-7-4-3-6-23(24)28-26(29)15-12-21-10-13-22(27)14-11-21/h3-4,6-15,18H,5,16-17H2,1-2H3/b15-12+. The quantitative estimate of drug-likeness (QED) is 0.305. The molecule has 0 saturated heterocycles. The molecule has 0 bridgehead atoms. The summed E-state index contributed by atoms with van der Waals surface area (Å²) in [5, 5.41) is 0.739. The molecule has 0 amide bonds. The molecule has 0 unspecified atom stereocenters. The lowest BCUT2D eigenvalue weighted by atomic mass is 10.1. The van der Waals surface area contributed by atoms with Crippen LogP contribution in [0.3, 0.4) is 0 Å². The molecule has 0 saturated carbocycles. The average molecular weight is 417 g/mol. The van der Waals surface area contributed by atoms with E-state index in [1.165, 1.54) is 11.1 Å². The van der Waals surface area contributed by atoms with Crippen molar-refractivity contribution in [3.63, 3.8) is 0 Å². The van der Waals surface area contributed by atoms with Crippen LogP contribution in [-0.2, 0) is 6.54 Å². The molecular weight excluding hydrogens is 392 g/mol. The summed E-state index contributed by atoms with van der Waals surface area (Å²) in [4.78, 5) is 4.82. The van der Waals surface area contributed by atoms with Crippen molar-refractivity contribution in [1.29, 1.82) is 0 Å². The molecule has 0 N–H and O–H groups in total. The maximum absolute atomic E-state index is 6.04. The van der Waals surface area contributed by atoms with Gasteiger partial charge in [-0.1, -0.05) is 54.1 Å². The van der Waals surface area contributed by atoms with Crippen molar-refractivity contribution in [3.8, 4) is 5.75 Å². The van der Waals surface area contributed by atoms with E-state index in [4.69, 9.17) is 21.3 Å². The van der Waals surface area contributed by atoms with Gasteiger partial charge in [0.05, 0.1) is 17.6 Å². The van der Waals surface area contributed by atoms with E-state index in [0.717, 1.165) is 46.2 Å². The monoisotopic (exact) mass is 416 g/mol. The number of aromatic nitrogens is 2. The topological polar surface area (TPSA) is 27.1 Å². The fraction of sp³-hybridized carbons (Fsp3) is 0.192. The molecule has 4 rings (SSSR count). The maximum atomic E-state index is 6.04. The van der Waals surface area contributed by atoms with Crippen LogP contribution in [0.25, 0.3) is 23.2 Å². The van der Waals surface area contributed by atoms with Crippen molar-refractivity contribution in [2.75, 3.05) is 6.61 Å². The molecule has 30 heavy (non-hydrogen) atoms. The first-order chi connectivity index (χ1) is 14.6. The van der Waals surface area contributed by atoms with Crippen LogP contribution in [0.4, 0.5) is 0 Å². The Bertz CT molecular complexity index is 1180. The fourth-order valence-corrected chi connectivity index (χ4v) is 3.59. The first kappa shape index (κ1) is 20.2. The maximum Gasteiger partial charge on any atom is 0.133 e. The Morgan fingerprint density at radius 2 is 1.77 bits per heavy atom. The Labute approximate surface area is 182 Å². The predicted octanol–water partition coefficient (Wildman–Crippen LogP) is 6.95. The number of ether oxygens (including phenoxy) is 1. The first-order valence-electron chi connectivity index (χ1n) is 10.2.